The van der Waals surface area contributed by atoms with Gasteiger partial charge in [0.15, 0.2) is 5.82 Å². The van der Waals surface area contributed by atoms with Crippen molar-refractivity contribution in [2.75, 3.05) is 6.61 Å². The van der Waals surface area contributed by atoms with Crippen molar-refractivity contribution >= 4 is 11.6 Å². The van der Waals surface area contributed by atoms with E-state index in [2.05, 4.69) is 34.2 Å². The zero-order chi connectivity index (χ0) is 14.7. The van der Waals surface area contributed by atoms with Gasteiger partial charge in [0.25, 0.3) is 0 Å². The van der Waals surface area contributed by atoms with E-state index >= 15 is 0 Å². The molecule has 0 bridgehead atoms. The Morgan fingerprint density at radius 1 is 1.19 bits per heavy atom. The van der Waals surface area contributed by atoms with Gasteiger partial charge in [-0.25, -0.2) is 9.97 Å². The van der Waals surface area contributed by atoms with Crippen LogP contribution < -0.4 is 0 Å². The van der Waals surface area contributed by atoms with Crippen LogP contribution in [0.5, 0.6) is 0 Å². The Morgan fingerprint density at radius 3 is 2.57 bits per heavy atom. The zero-order valence-corrected chi connectivity index (χ0v) is 12.9. The predicted molar refractivity (Wildman–Crippen MR) is 84.4 cm³/mol. The quantitative estimate of drug-likeness (QED) is 0.757. The fraction of sp³-hybridized carbons (Fsp3) is 0.412. The van der Waals surface area contributed by atoms with Gasteiger partial charge in [-0.05, 0) is 31.2 Å². The van der Waals surface area contributed by atoms with Gasteiger partial charge in [0.05, 0.1) is 5.69 Å². The number of hydrogen-bond acceptors (Lipinski definition) is 3. The molecule has 4 heteroatoms. The minimum atomic E-state index is 0.393. The second-order valence-corrected chi connectivity index (χ2v) is 5.77. The largest absolute Gasteiger partial charge is 0.374 e. The van der Waals surface area contributed by atoms with E-state index in [0.29, 0.717) is 24.2 Å². The second kappa shape index (κ2) is 6.54. The van der Waals surface area contributed by atoms with Crippen LogP contribution in [0.25, 0.3) is 11.3 Å². The van der Waals surface area contributed by atoms with E-state index in [1.165, 1.54) is 24.8 Å². The molecule has 1 saturated carbocycles. The second-order valence-electron chi connectivity index (χ2n) is 5.38. The molecule has 2 aromatic rings. The summed E-state index contributed by atoms with van der Waals surface area (Å²) in [6.07, 6.45) is 3.99. The summed E-state index contributed by atoms with van der Waals surface area (Å²) in [6.45, 7) is 2.98. The van der Waals surface area contributed by atoms with Gasteiger partial charge < -0.3 is 4.74 Å². The van der Waals surface area contributed by atoms with Crippen molar-refractivity contribution in [3.8, 4) is 11.3 Å². The van der Waals surface area contributed by atoms with Gasteiger partial charge in [0, 0.05) is 18.2 Å². The average molecular weight is 303 g/mol. The Bertz CT molecular complexity index is 609. The van der Waals surface area contributed by atoms with Crippen LogP contribution in [0.4, 0.5) is 0 Å². The lowest BCUT2D eigenvalue weighted by molar-refractivity contribution is 0.128. The normalized spacial score (nSPS) is 15.0. The van der Waals surface area contributed by atoms with Crippen LogP contribution in [0.2, 0.25) is 5.15 Å². The molecule has 0 saturated heterocycles. The van der Waals surface area contributed by atoms with E-state index in [1.54, 1.807) is 6.07 Å². The maximum absolute atomic E-state index is 6.09. The SMILES string of the molecule is CCOCc1nc(Cl)cc(-c2ccc(C3CCC3)cc2)n1. The maximum Gasteiger partial charge on any atom is 0.156 e. The number of ether oxygens (including phenoxy) is 1. The third kappa shape index (κ3) is 3.42. The van der Waals surface area contributed by atoms with Crippen LogP contribution in [-0.4, -0.2) is 16.6 Å². The van der Waals surface area contributed by atoms with Gasteiger partial charge >= 0.3 is 0 Å². The molecule has 1 aromatic heterocycles. The molecule has 1 aromatic carbocycles. The molecular formula is C17H19ClN2O. The first-order valence-electron chi connectivity index (χ1n) is 7.48. The lowest BCUT2D eigenvalue weighted by Crippen LogP contribution is -2.08. The molecule has 0 spiro atoms. The molecular weight excluding hydrogens is 284 g/mol. The molecule has 1 aliphatic rings. The van der Waals surface area contributed by atoms with E-state index in [4.69, 9.17) is 16.3 Å². The molecule has 0 N–H and O–H groups in total. The highest BCUT2D eigenvalue weighted by atomic mass is 35.5. The molecule has 1 heterocycles. The van der Waals surface area contributed by atoms with E-state index < -0.39 is 0 Å². The number of rotatable bonds is 5. The van der Waals surface area contributed by atoms with Crippen molar-refractivity contribution in [1.29, 1.82) is 0 Å². The van der Waals surface area contributed by atoms with Crippen LogP contribution >= 0.6 is 11.6 Å². The van der Waals surface area contributed by atoms with Crippen molar-refractivity contribution in [2.45, 2.75) is 38.7 Å². The van der Waals surface area contributed by atoms with Crippen LogP contribution in [0, 0.1) is 0 Å². The molecule has 3 nitrogen and oxygen atoms in total. The fourth-order valence-electron chi connectivity index (χ4n) is 2.54. The summed E-state index contributed by atoms with van der Waals surface area (Å²) >= 11 is 6.09. The molecule has 1 aliphatic carbocycles. The summed E-state index contributed by atoms with van der Waals surface area (Å²) in [4.78, 5) is 8.72. The topological polar surface area (TPSA) is 35.0 Å². The van der Waals surface area contributed by atoms with E-state index in [0.717, 1.165) is 17.2 Å². The van der Waals surface area contributed by atoms with Gasteiger partial charge in [0.2, 0.25) is 0 Å². The lowest BCUT2D eigenvalue weighted by Gasteiger charge is -2.25. The van der Waals surface area contributed by atoms with Crippen molar-refractivity contribution in [3.05, 3.63) is 46.9 Å². The summed E-state index contributed by atoms with van der Waals surface area (Å²) in [5.41, 5.74) is 3.35. The minimum Gasteiger partial charge on any atom is -0.374 e. The Balaban J connectivity index is 1.83. The Hall–Kier alpha value is -1.45. The first kappa shape index (κ1) is 14.5. The van der Waals surface area contributed by atoms with Gasteiger partial charge in [-0.2, -0.15) is 0 Å². The van der Waals surface area contributed by atoms with Crippen molar-refractivity contribution in [3.63, 3.8) is 0 Å². The van der Waals surface area contributed by atoms with Crippen LogP contribution in [0.3, 0.4) is 0 Å². The smallest absolute Gasteiger partial charge is 0.156 e. The molecule has 21 heavy (non-hydrogen) atoms. The monoisotopic (exact) mass is 302 g/mol. The van der Waals surface area contributed by atoms with Crippen LogP contribution in [0.15, 0.2) is 30.3 Å². The highest BCUT2D eigenvalue weighted by Crippen LogP contribution is 2.36. The average Bonchev–Trinajstić information content (AvgIpc) is 2.43. The number of benzene rings is 1. The van der Waals surface area contributed by atoms with Gasteiger partial charge in [-0.1, -0.05) is 42.3 Å². The maximum atomic E-state index is 6.09. The number of hydrogen-bond donors (Lipinski definition) is 0. The van der Waals surface area contributed by atoms with Crippen molar-refractivity contribution in [2.24, 2.45) is 0 Å². The summed E-state index contributed by atoms with van der Waals surface area (Å²) in [5, 5.41) is 0.456. The Labute approximate surface area is 130 Å². The summed E-state index contributed by atoms with van der Waals surface area (Å²) in [5.74, 6) is 1.38. The molecule has 0 atom stereocenters. The Kier molecular flexibility index (Phi) is 4.51. The fourth-order valence-corrected chi connectivity index (χ4v) is 2.74. The standard InChI is InChI=1S/C17H19ClN2O/c1-2-21-11-17-19-15(10-16(18)20-17)14-8-6-13(7-9-14)12-4-3-5-12/h6-10,12H,2-5,11H2,1H3. The molecule has 0 unspecified atom stereocenters. The summed E-state index contributed by atoms with van der Waals surface area (Å²) in [6, 6.07) is 10.5. The molecule has 0 aliphatic heterocycles. The first-order chi connectivity index (χ1) is 10.3. The number of aromatic nitrogens is 2. The summed E-state index contributed by atoms with van der Waals surface area (Å²) < 4.78 is 5.35. The number of halogens is 1. The predicted octanol–water partition coefficient (Wildman–Crippen LogP) is 4.60. The molecule has 0 amide bonds. The van der Waals surface area contributed by atoms with Crippen molar-refractivity contribution in [1.82, 2.24) is 9.97 Å². The molecule has 110 valence electrons. The molecule has 1 fully saturated rings. The van der Waals surface area contributed by atoms with E-state index in [1.807, 2.05) is 6.92 Å². The highest BCUT2D eigenvalue weighted by Gasteiger charge is 2.19. The van der Waals surface area contributed by atoms with Crippen LogP contribution in [-0.2, 0) is 11.3 Å². The number of nitrogens with zero attached hydrogens (tertiary/aromatic N) is 2. The van der Waals surface area contributed by atoms with Gasteiger partial charge in [-0.15, -0.1) is 0 Å². The summed E-state index contributed by atoms with van der Waals surface area (Å²) in [7, 11) is 0. The van der Waals surface area contributed by atoms with E-state index in [9.17, 15) is 0 Å². The molecule has 3 rings (SSSR count). The lowest BCUT2D eigenvalue weighted by atomic mass is 9.80. The highest BCUT2D eigenvalue weighted by molar-refractivity contribution is 6.29. The van der Waals surface area contributed by atoms with Gasteiger partial charge in [0.1, 0.15) is 11.8 Å². The Morgan fingerprint density at radius 2 is 1.95 bits per heavy atom. The zero-order valence-electron chi connectivity index (χ0n) is 12.2. The van der Waals surface area contributed by atoms with Gasteiger partial charge in [-0.3, -0.25) is 0 Å². The van der Waals surface area contributed by atoms with E-state index in [-0.39, 0.29) is 0 Å². The first-order valence-corrected chi connectivity index (χ1v) is 7.85. The van der Waals surface area contributed by atoms with Crippen LogP contribution in [0.1, 0.15) is 43.5 Å². The minimum absolute atomic E-state index is 0.393. The third-order valence-corrected chi connectivity index (χ3v) is 4.15. The third-order valence-electron chi connectivity index (χ3n) is 3.96. The molecule has 0 radical (unpaired) electrons. The van der Waals surface area contributed by atoms with Crippen molar-refractivity contribution < 1.29 is 4.74 Å².